The zero-order chi connectivity index (χ0) is 13.5. The summed E-state index contributed by atoms with van der Waals surface area (Å²) in [4.78, 5) is 0. The van der Waals surface area contributed by atoms with Crippen LogP contribution in [0.3, 0.4) is 0 Å². The molecule has 2 heteroatoms. The van der Waals surface area contributed by atoms with Crippen LogP contribution in [-0.4, -0.2) is 12.6 Å². The molecule has 0 aliphatic rings. The lowest BCUT2D eigenvalue weighted by molar-refractivity contribution is 0.369. The summed E-state index contributed by atoms with van der Waals surface area (Å²) in [7, 11) is 0. The van der Waals surface area contributed by atoms with Gasteiger partial charge in [-0.3, -0.25) is 0 Å². The molecule has 1 aromatic carbocycles. The van der Waals surface area contributed by atoms with Crippen LogP contribution in [0.25, 0.3) is 0 Å². The van der Waals surface area contributed by atoms with Crippen molar-refractivity contribution >= 4 is 15.9 Å². The summed E-state index contributed by atoms with van der Waals surface area (Å²) in [5, 5.41) is 3.60. The second-order valence-corrected chi connectivity index (χ2v) is 6.12. The molecular weight excluding hydrogens is 286 g/mol. The van der Waals surface area contributed by atoms with Crippen LogP contribution in [-0.2, 0) is 0 Å². The van der Waals surface area contributed by atoms with E-state index in [9.17, 15) is 0 Å². The van der Waals surface area contributed by atoms with E-state index in [1.54, 1.807) is 0 Å². The average Bonchev–Trinajstić information content (AvgIpc) is 2.35. The van der Waals surface area contributed by atoms with Gasteiger partial charge in [0.2, 0.25) is 0 Å². The van der Waals surface area contributed by atoms with Crippen molar-refractivity contribution in [2.24, 2.45) is 5.92 Å². The highest BCUT2D eigenvalue weighted by Gasteiger charge is 2.22. The Hall–Kier alpha value is -0.340. The van der Waals surface area contributed by atoms with E-state index in [2.05, 4.69) is 73.2 Å². The van der Waals surface area contributed by atoms with Crippen molar-refractivity contribution in [3.63, 3.8) is 0 Å². The van der Waals surface area contributed by atoms with Crippen LogP contribution in [0.4, 0.5) is 0 Å². The minimum atomic E-state index is 0.546. The van der Waals surface area contributed by atoms with E-state index >= 15 is 0 Å². The van der Waals surface area contributed by atoms with Gasteiger partial charge < -0.3 is 5.32 Å². The average molecular weight is 312 g/mol. The van der Waals surface area contributed by atoms with Crippen molar-refractivity contribution in [3.05, 3.63) is 34.3 Å². The molecule has 0 heterocycles. The van der Waals surface area contributed by atoms with Gasteiger partial charge in [-0.25, -0.2) is 0 Å². The number of rotatable bonds is 7. The van der Waals surface area contributed by atoms with Gasteiger partial charge in [-0.2, -0.15) is 0 Å². The largest absolute Gasteiger partial charge is 0.314 e. The first-order valence-electron chi connectivity index (χ1n) is 7.07. The minimum absolute atomic E-state index is 0.546. The molecule has 0 saturated carbocycles. The molecule has 0 fully saturated rings. The normalized spacial score (nSPS) is 13.3. The Labute approximate surface area is 120 Å². The topological polar surface area (TPSA) is 12.0 Å². The quantitative estimate of drug-likeness (QED) is 0.750. The van der Waals surface area contributed by atoms with Crippen LogP contribution in [0.5, 0.6) is 0 Å². The Morgan fingerprint density at radius 3 is 2.22 bits per heavy atom. The smallest absolute Gasteiger partial charge is 0.0210 e. The lowest BCUT2D eigenvalue weighted by Gasteiger charge is -2.28. The first-order chi connectivity index (χ1) is 8.60. The zero-order valence-corrected chi connectivity index (χ0v) is 13.6. The first kappa shape index (κ1) is 15.7. The third-order valence-corrected chi connectivity index (χ3v) is 4.39. The highest BCUT2D eigenvalue weighted by molar-refractivity contribution is 9.10. The molecular formula is C16H26BrN. The third-order valence-electron chi connectivity index (χ3n) is 3.67. The van der Waals surface area contributed by atoms with E-state index in [0.29, 0.717) is 12.0 Å². The van der Waals surface area contributed by atoms with E-state index in [-0.39, 0.29) is 0 Å². The van der Waals surface area contributed by atoms with E-state index in [4.69, 9.17) is 0 Å². The third kappa shape index (κ3) is 4.40. The molecule has 0 radical (unpaired) electrons. The summed E-state index contributed by atoms with van der Waals surface area (Å²) < 4.78 is 1.24. The van der Waals surface area contributed by atoms with Gasteiger partial charge in [-0.15, -0.1) is 0 Å². The van der Waals surface area contributed by atoms with Gasteiger partial charge in [0.25, 0.3) is 0 Å². The molecule has 0 bridgehead atoms. The van der Waals surface area contributed by atoms with Crippen LogP contribution in [0.15, 0.2) is 28.7 Å². The van der Waals surface area contributed by atoms with Crippen LogP contribution >= 0.6 is 15.9 Å². The van der Waals surface area contributed by atoms with Crippen LogP contribution < -0.4 is 5.32 Å². The molecule has 1 aromatic rings. The Balaban J connectivity index is 2.92. The zero-order valence-electron chi connectivity index (χ0n) is 12.0. The molecule has 0 aromatic heterocycles. The van der Waals surface area contributed by atoms with Gasteiger partial charge in [-0.05, 0) is 17.5 Å². The maximum atomic E-state index is 3.70. The molecule has 0 spiro atoms. The van der Waals surface area contributed by atoms with Gasteiger partial charge >= 0.3 is 0 Å². The van der Waals surface area contributed by atoms with Crippen molar-refractivity contribution in [1.82, 2.24) is 5.32 Å². The highest BCUT2D eigenvalue weighted by atomic mass is 79.9. The maximum Gasteiger partial charge on any atom is 0.0210 e. The van der Waals surface area contributed by atoms with Crippen LogP contribution in [0.2, 0.25) is 0 Å². The molecule has 0 saturated heterocycles. The number of hydrogen-bond donors (Lipinski definition) is 1. The predicted octanol–water partition coefficient (Wildman–Crippen LogP) is 4.97. The van der Waals surface area contributed by atoms with E-state index in [1.807, 2.05) is 0 Å². The maximum absolute atomic E-state index is 3.70. The second kappa shape index (κ2) is 7.96. The Bertz CT molecular complexity index is 345. The van der Waals surface area contributed by atoms with Crippen LogP contribution in [0.1, 0.15) is 52.0 Å². The molecule has 1 rings (SSSR count). The standard InChI is InChI=1S/C16H26BrN/c1-5-13(6-2)15(11-18-12(3)4)14-9-7-8-10-16(14)17/h7-10,12-13,15,18H,5-6,11H2,1-4H3. The van der Waals surface area contributed by atoms with Gasteiger partial charge in [0.15, 0.2) is 0 Å². The Morgan fingerprint density at radius 1 is 1.11 bits per heavy atom. The van der Waals surface area contributed by atoms with E-state index in [1.165, 1.54) is 22.9 Å². The Kier molecular flexibility index (Phi) is 6.95. The van der Waals surface area contributed by atoms with Crippen LogP contribution in [0, 0.1) is 5.92 Å². The second-order valence-electron chi connectivity index (χ2n) is 5.27. The molecule has 1 atom stereocenters. The summed E-state index contributed by atoms with van der Waals surface area (Å²) in [6.07, 6.45) is 2.48. The number of hydrogen-bond acceptors (Lipinski definition) is 1. The highest BCUT2D eigenvalue weighted by Crippen LogP contribution is 2.33. The number of benzene rings is 1. The van der Waals surface area contributed by atoms with E-state index in [0.717, 1.165) is 12.5 Å². The Morgan fingerprint density at radius 2 is 1.72 bits per heavy atom. The molecule has 18 heavy (non-hydrogen) atoms. The summed E-state index contributed by atoms with van der Waals surface area (Å²) in [5.74, 6) is 1.34. The van der Waals surface area contributed by atoms with E-state index < -0.39 is 0 Å². The summed E-state index contributed by atoms with van der Waals surface area (Å²) >= 11 is 3.70. The molecule has 1 unspecified atom stereocenters. The lowest BCUT2D eigenvalue weighted by atomic mass is 9.82. The molecule has 0 amide bonds. The van der Waals surface area contributed by atoms with Gasteiger partial charge in [-0.1, -0.05) is 74.7 Å². The predicted molar refractivity (Wildman–Crippen MR) is 84.1 cm³/mol. The monoisotopic (exact) mass is 311 g/mol. The van der Waals surface area contributed by atoms with Crippen molar-refractivity contribution in [2.75, 3.05) is 6.54 Å². The SMILES string of the molecule is CCC(CC)C(CNC(C)C)c1ccccc1Br. The van der Waals surface area contributed by atoms with Gasteiger partial charge in [0.1, 0.15) is 0 Å². The summed E-state index contributed by atoms with van der Waals surface area (Å²) in [6, 6.07) is 9.19. The van der Waals surface area contributed by atoms with Crippen molar-refractivity contribution in [3.8, 4) is 0 Å². The molecule has 0 aliphatic carbocycles. The van der Waals surface area contributed by atoms with Crippen molar-refractivity contribution in [2.45, 2.75) is 52.5 Å². The minimum Gasteiger partial charge on any atom is -0.314 e. The molecule has 1 N–H and O–H groups in total. The van der Waals surface area contributed by atoms with Gasteiger partial charge in [0.05, 0.1) is 0 Å². The summed E-state index contributed by atoms with van der Waals surface area (Å²) in [5.41, 5.74) is 1.44. The molecule has 0 aliphatic heterocycles. The molecule has 102 valence electrons. The fourth-order valence-corrected chi connectivity index (χ4v) is 3.11. The number of halogens is 1. The number of nitrogens with one attached hydrogen (secondary N) is 1. The van der Waals surface area contributed by atoms with Crippen molar-refractivity contribution < 1.29 is 0 Å². The van der Waals surface area contributed by atoms with Gasteiger partial charge in [0, 0.05) is 23.0 Å². The lowest BCUT2D eigenvalue weighted by Crippen LogP contribution is -2.31. The summed E-state index contributed by atoms with van der Waals surface area (Å²) in [6.45, 7) is 10.1. The first-order valence-corrected chi connectivity index (χ1v) is 7.87. The fourth-order valence-electron chi connectivity index (χ4n) is 2.53. The fraction of sp³-hybridized carbons (Fsp3) is 0.625. The van der Waals surface area contributed by atoms with Crippen molar-refractivity contribution in [1.29, 1.82) is 0 Å². The molecule has 1 nitrogen and oxygen atoms in total.